The van der Waals surface area contributed by atoms with Crippen molar-refractivity contribution in [3.8, 4) is 5.69 Å². The number of nitro groups is 1. The van der Waals surface area contributed by atoms with Gasteiger partial charge < -0.3 is 5.11 Å². The van der Waals surface area contributed by atoms with E-state index in [0.717, 1.165) is 0 Å². The largest absolute Gasteiger partial charge is 0.389 e. The molecule has 2 rings (SSSR count). The fourth-order valence-corrected chi connectivity index (χ4v) is 1.83. The van der Waals surface area contributed by atoms with Crippen LogP contribution in [0.1, 0.15) is 24.3 Å². The monoisotopic (exact) mass is 281 g/mol. The summed E-state index contributed by atoms with van der Waals surface area (Å²) in [5.41, 5.74) is 1.25. The van der Waals surface area contributed by atoms with Crippen LogP contribution in [0.3, 0.4) is 0 Å². The second-order valence-corrected chi connectivity index (χ2v) is 4.60. The van der Waals surface area contributed by atoms with Gasteiger partial charge in [0.25, 0.3) is 5.69 Å². The molecule has 0 aliphatic rings. The number of nitrogens with zero attached hydrogens (tertiary/aromatic N) is 3. The summed E-state index contributed by atoms with van der Waals surface area (Å²) >= 11 is 5.90. The molecule has 1 heterocycles. The molecule has 1 N–H and O–H groups in total. The first-order valence-electron chi connectivity index (χ1n) is 5.58. The van der Waals surface area contributed by atoms with Gasteiger partial charge in [-0.25, -0.2) is 4.68 Å². The number of halogens is 1. The zero-order chi connectivity index (χ0) is 14.2. The number of aryl methyl sites for hydroxylation is 1. The van der Waals surface area contributed by atoms with Crippen LogP contribution in [-0.2, 0) is 0 Å². The van der Waals surface area contributed by atoms with Gasteiger partial charge in [-0.1, -0.05) is 17.7 Å². The Morgan fingerprint density at radius 2 is 2.21 bits per heavy atom. The Morgan fingerprint density at radius 1 is 1.53 bits per heavy atom. The summed E-state index contributed by atoms with van der Waals surface area (Å²) < 4.78 is 1.36. The van der Waals surface area contributed by atoms with Crippen molar-refractivity contribution >= 4 is 17.3 Å². The second kappa shape index (κ2) is 4.99. The molecule has 7 heteroatoms. The first-order chi connectivity index (χ1) is 8.90. The summed E-state index contributed by atoms with van der Waals surface area (Å²) in [5.74, 6) is 0. The molecule has 0 unspecified atom stereocenters. The maximum atomic E-state index is 11.1. The minimum atomic E-state index is -0.768. The number of benzene rings is 1. The SMILES string of the molecule is Cc1nn(-c2ccc([C@H](C)O)cc2[N+](=O)[O-])cc1Cl. The van der Waals surface area contributed by atoms with E-state index in [4.69, 9.17) is 11.6 Å². The van der Waals surface area contributed by atoms with Gasteiger partial charge in [0.1, 0.15) is 5.69 Å². The third kappa shape index (κ3) is 2.59. The van der Waals surface area contributed by atoms with Gasteiger partial charge in [-0.15, -0.1) is 0 Å². The fraction of sp³-hybridized carbons (Fsp3) is 0.250. The van der Waals surface area contributed by atoms with E-state index in [1.165, 1.54) is 16.9 Å². The number of nitro benzene ring substituents is 1. The van der Waals surface area contributed by atoms with Crippen molar-refractivity contribution < 1.29 is 10.0 Å². The standard InChI is InChI=1S/C12H12ClN3O3/c1-7-10(13)6-15(14-7)11-4-3-9(8(2)17)5-12(11)16(18)19/h3-6,8,17H,1-2H3/t8-/m0/s1. The van der Waals surface area contributed by atoms with Crippen LogP contribution in [0.4, 0.5) is 5.69 Å². The molecule has 0 fully saturated rings. The Kier molecular flexibility index (Phi) is 3.55. The highest BCUT2D eigenvalue weighted by Crippen LogP contribution is 2.28. The second-order valence-electron chi connectivity index (χ2n) is 4.19. The molecule has 0 aliphatic carbocycles. The number of rotatable bonds is 3. The average molecular weight is 282 g/mol. The lowest BCUT2D eigenvalue weighted by Crippen LogP contribution is -2.03. The van der Waals surface area contributed by atoms with Gasteiger partial charge in [0.05, 0.1) is 21.7 Å². The van der Waals surface area contributed by atoms with E-state index in [0.29, 0.717) is 22.0 Å². The molecule has 1 aromatic heterocycles. The molecule has 0 amide bonds. The molecule has 6 nitrogen and oxygen atoms in total. The van der Waals surface area contributed by atoms with Crippen LogP contribution in [0.2, 0.25) is 5.02 Å². The summed E-state index contributed by atoms with van der Waals surface area (Å²) in [6.45, 7) is 3.27. The molecule has 0 radical (unpaired) electrons. The van der Waals surface area contributed by atoms with Crippen LogP contribution in [0.15, 0.2) is 24.4 Å². The Bertz CT molecular complexity index is 618. The normalized spacial score (nSPS) is 12.4. The predicted octanol–water partition coefficient (Wildman–Crippen LogP) is 2.80. The van der Waals surface area contributed by atoms with Gasteiger partial charge in [0, 0.05) is 12.3 Å². The van der Waals surface area contributed by atoms with Crippen molar-refractivity contribution in [1.29, 1.82) is 0 Å². The van der Waals surface area contributed by atoms with Crippen molar-refractivity contribution in [2.45, 2.75) is 20.0 Å². The summed E-state index contributed by atoms with van der Waals surface area (Å²) in [4.78, 5) is 10.6. The first kappa shape index (κ1) is 13.5. The van der Waals surface area contributed by atoms with Gasteiger partial charge in [-0.05, 0) is 25.5 Å². The number of hydrogen-bond donors (Lipinski definition) is 1. The van der Waals surface area contributed by atoms with E-state index in [-0.39, 0.29) is 5.69 Å². The lowest BCUT2D eigenvalue weighted by Gasteiger charge is -2.07. The van der Waals surface area contributed by atoms with Crippen molar-refractivity contribution in [2.24, 2.45) is 0 Å². The van der Waals surface area contributed by atoms with Crippen LogP contribution >= 0.6 is 11.6 Å². The van der Waals surface area contributed by atoms with E-state index < -0.39 is 11.0 Å². The maximum absolute atomic E-state index is 11.1. The minimum absolute atomic E-state index is 0.127. The molecule has 19 heavy (non-hydrogen) atoms. The molecule has 0 saturated carbocycles. The van der Waals surface area contributed by atoms with Crippen molar-refractivity contribution in [3.05, 3.63) is 50.8 Å². The Labute approximate surface area is 114 Å². The van der Waals surface area contributed by atoms with Gasteiger partial charge in [0.15, 0.2) is 0 Å². The Balaban J connectivity index is 2.59. The fourth-order valence-electron chi connectivity index (χ4n) is 1.70. The minimum Gasteiger partial charge on any atom is -0.389 e. The van der Waals surface area contributed by atoms with Crippen LogP contribution in [0.25, 0.3) is 5.69 Å². The molecule has 0 aliphatic heterocycles. The van der Waals surface area contributed by atoms with Crippen LogP contribution in [0, 0.1) is 17.0 Å². The highest BCUT2D eigenvalue weighted by atomic mass is 35.5. The van der Waals surface area contributed by atoms with Gasteiger partial charge in [-0.3, -0.25) is 10.1 Å². The number of aliphatic hydroxyl groups is 1. The first-order valence-corrected chi connectivity index (χ1v) is 5.96. The quantitative estimate of drug-likeness (QED) is 0.693. The third-order valence-electron chi connectivity index (χ3n) is 2.76. The van der Waals surface area contributed by atoms with Gasteiger partial charge in [0.2, 0.25) is 0 Å². The van der Waals surface area contributed by atoms with Gasteiger partial charge >= 0.3 is 0 Å². The highest BCUT2D eigenvalue weighted by molar-refractivity contribution is 6.31. The van der Waals surface area contributed by atoms with Crippen molar-refractivity contribution in [1.82, 2.24) is 9.78 Å². The Morgan fingerprint density at radius 3 is 2.68 bits per heavy atom. The molecule has 2 aromatic rings. The summed E-state index contributed by atoms with van der Waals surface area (Å²) in [5, 5.41) is 25.1. The molecule has 0 saturated heterocycles. The maximum Gasteiger partial charge on any atom is 0.295 e. The summed E-state index contributed by atoms with van der Waals surface area (Å²) in [7, 11) is 0. The lowest BCUT2D eigenvalue weighted by atomic mass is 10.1. The van der Waals surface area contributed by atoms with Crippen molar-refractivity contribution in [2.75, 3.05) is 0 Å². The Hall–Kier alpha value is -1.92. The van der Waals surface area contributed by atoms with E-state index in [1.807, 2.05) is 0 Å². The van der Waals surface area contributed by atoms with Gasteiger partial charge in [-0.2, -0.15) is 5.10 Å². The van der Waals surface area contributed by atoms with Crippen molar-refractivity contribution in [3.63, 3.8) is 0 Å². The molecule has 1 atom stereocenters. The zero-order valence-electron chi connectivity index (χ0n) is 10.4. The average Bonchev–Trinajstić information content (AvgIpc) is 2.68. The molecular formula is C12H12ClN3O3. The topological polar surface area (TPSA) is 81.2 Å². The zero-order valence-corrected chi connectivity index (χ0v) is 11.1. The molecule has 100 valence electrons. The number of aromatic nitrogens is 2. The molecule has 1 aromatic carbocycles. The summed E-state index contributed by atoms with van der Waals surface area (Å²) in [6.07, 6.45) is 0.747. The van der Waals surface area contributed by atoms with Crippen LogP contribution in [0.5, 0.6) is 0 Å². The summed E-state index contributed by atoms with van der Waals surface area (Å²) in [6, 6.07) is 4.51. The number of aliphatic hydroxyl groups excluding tert-OH is 1. The molecule has 0 spiro atoms. The van der Waals surface area contributed by atoms with E-state index in [1.54, 1.807) is 26.0 Å². The predicted molar refractivity (Wildman–Crippen MR) is 70.6 cm³/mol. The highest BCUT2D eigenvalue weighted by Gasteiger charge is 2.19. The van der Waals surface area contributed by atoms with E-state index in [2.05, 4.69) is 5.10 Å². The lowest BCUT2D eigenvalue weighted by molar-refractivity contribution is -0.384. The van der Waals surface area contributed by atoms with E-state index >= 15 is 0 Å². The number of hydrogen-bond acceptors (Lipinski definition) is 4. The smallest absolute Gasteiger partial charge is 0.295 e. The molecule has 0 bridgehead atoms. The molecular weight excluding hydrogens is 270 g/mol. The van der Waals surface area contributed by atoms with Crippen LogP contribution in [-0.4, -0.2) is 19.8 Å². The van der Waals surface area contributed by atoms with Crippen LogP contribution < -0.4 is 0 Å². The van der Waals surface area contributed by atoms with E-state index in [9.17, 15) is 15.2 Å². The third-order valence-corrected chi connectivity index (χ3v) is 3.14.